The molecular formula is C7H14N2O6S. The summed E-state index contributed by atoms with van der Waals surface area (Å²) in [6, 6.07) is 0. The first-order chi connectivity index (χ1) is 7.33. The SMILES string of the molecule is NC(=O)COCCNS(=O)(=O)CCC(=O)O. The van der Waals surface area contributed by atoms with Crippen LogP contribution in [0.25, 0.3) is 0 Å². The van der Waals surface area contributed by atoms with Gasteiger partial charge in [0, 0.05) is 6.54 Å². The summed E-state index contributed by atoms with van der Waals surface area (Å²) in [5.74, 6) is -2.32. The first-order valence-corrected chi connectivity index (χ1v) is 6.04. The van der Waals surface area contributed by atoms with Crippen LogP contribution in [0, 0.1) is 0 Å². The minimum Gasteiger partial charge on any atom is -0.481 e. The van der Waals surface area contributed by atoms with Crippen molar-refractivity contribution in [1.29, 1.82) is 0 Å². The van der Waals surface area contributed by atoms with Crippen molar-refractivity contribution < 1.29 is 27.9 Å². The topological polar surface area (TPSA) is 136 Å². The molecule has 0 saturated carbocycles. The molecule has 0 radical (unpaired) electrons. The molecule has 0 aromatic rings. The maximum Gasteiger partial charge on any atom is 0.304 e. The summed E-state index contributed by atoms with van der Waals surface area (Å²) in [6.45, 7) is -0.318. The highest BCUT2D eigenvalue weighted by atomic mass is 32.2. The molecule has 0 aliphatic heterocycles. The van der Waals surface area contributed by atoms with E-state index in [9.17, 15) is 18.0 Å². The third-order valence-corrected chi connectivity index (χ3v) is 2.78. The molecule has 9 heteroatoms. The molecule has 0 unspecified atom stereocenters. The predicted molar refractivity (Wildman–Crippen MR) is 54.1 cm³/mol. The van der Waals surface area contributed by atoms with Gasteiger partial charge < -0.3 is 15.6 Å². The molecule has 0 spiro atoms. The van der Waals surface area contributed by atoms with Gasteiger partial charge in [0.05, 0.1) is 18.8 Å². The molecule has 4 N–H and O–H groups in total. The third-order valence-electron chi connectivity index (χ3n) is 1.40. The zero-order chi connectivity index (χ0) is 12.6. The molecule has 0 saturated heterocycles. The van der Waals surface area contributed by atoms with Crippen molar-refractivity contribution in [2.75, 3.05) is 25.5 Å². The Balaban J connectivity index is 3.66. The lowest BCUT2D eigenvalue weighted by Crippen LogP contribution is -2.31. The van der Waals surface area contributed by atoms with Crippen LogP contribution >= 0.6 is 0 Å². The smallest absolute Gasteiger partial charge is 0.304 e. The minimum absolute atomic E-state index is 0.00472. The van der Waals surface area contributed by atoms with Gasteiger partial charge in [-0.3, -0.25) is 9.59 Å². The minimum atomic E-state index is -3.60. The van der Waals surface area contributed by atoms with Crippen molar-refractivity contribution in [1.82, 2.24) is 4.72 Å². The van der Waals surface area contributed by atoms with Gasteiger partial charge in [-0.25, -0.2) is 13.1 Å². The fourth-order valence-electron chi connectivity index (χ4n) is 0.736. The van der Waals surface area contributed by atoms with Crippen molar-refractivity contribution in [3.05, 3.63) is 0 Å². The summed E-state index contributed by atoms with van der Waals surface area (Å²) < 4.78 is 29.0. The standard InChI is InChI=1S/C7H14N2O6S/c8-6(10)5-15-3-2-9-16(13,14)4-1-7(11)12/h9H,1-5H2,(H2,8,10)(H,11,12). The zero-order valence-electron chi connectivity index (χ0n) is 8.51. The van der Waals surface area contributed by atoms with Crippen molar-refractivity contribution >= 4 is 21.9 Å². The first kappa shape index (κ1) is 14.8. The Morgan fingerprint density at radius 3 is 2.50 bits per heavy atom. The molecule has 0 aliphatic carbocycles. The van der Waals surface area contributed by atoms with E-state index in [0.29, 0.717) is 0 Å². The van der Waals surface area contributed by atoms with E-state index in [0.717, 1.165) is 0 Å². The van der Waals surface area contributed by atoms with Crippen LogP contribution in [0.5, 0.6) is 0 Å². The number of carboxylic acid groups (broad SMARTS) is 1. The maximum atomic E-state index is 11.1. The van der Waals surface area contributed by atoms with Gasteiger partial charge in [-0.2, -0.15) is 0 Å². The van der Waals surface area contributed by atoms with E-state index >= 15 is 0 Å². The summed E-state index contributed by atoms with van der Waals surface area (Å²) in [5, 5.41) is 8.28. The maximum absolute atomic E-state index is 11.1. The first-order valence-electron chi connectivity index (χ1n) is 4.38. The number of nitrogens with one attached hydrogen (secondary N) is 1. The number of carboxylic acids is 1. The van der Waals surface area contributed by atoms with Crippen LogP contribution in [0.3, 0.4) is 0 Å². The normalized spacial score (nSPS) is 11.2. The lowest BCUT2D eigenvalue weighted by Gasteiger charge is -2.05. The van der Waals surface area contributed by atoms with Gasteiger partial charge in [-0.1, -0.05) is 0 Å². The monoisotopic (exact) mass is 254 g/mol. The Bertz CT molecular complexity index is 339. The van der Waals surface area contributed by atoms with Gasteiger partial charge in [0.15, 0.2) is 0 Å². The quantitative estimate of drug-likeness (QED) is 0.402. The van der Waals surface area contributed by atoms with Gasteiger partial charge in [-0.15, -0.1) is 0 Å². The summed E-state index contributed by atoms with van der Waals surface area (Å²) in [6.07, 6.45) is -0.461. The van der Waals surface area contributed by atoms with E-state index in [1.807, 2.05) is 0 Å². The highest BCUT2D eigenvalue weighted by molar-refractivity contribution is 7.89. The average Bonchev–Trinajstić information content (AvgIpc) is 2.14. The number of hydrogen-bond acceptors (Lipinski definition) is 5. The van der Waals surface area contributed by atoms with Crippen LogP contribution in [-0.4, -0.2) is 50.9 Å². The average molecular weight is 254 g/mol. The number of sulfonamides is 1. The molecule has 0 rings (SSSR count). The fraction of sp³-hybridized carbons (Fsp3) is 0.714. The van der Waals surface area contributed by atoms with Crippen molar-refractivity contribution in [2.45, 2.75) is 6.42 Å². The molecule has 0 aliphatic rings. The number of primary amides is 1. The van der Waals surface area contributed by atoms with Gasteiger partial charge in [-0.05, 0) is 0 Å². The second kappa shape index (κ2) is 7.14. The second-order valence-electron chi connectivity index (χ2n) is 2.88. The van der Waals surface area contributed by atoms with Gasteiger partial charge in [0.2, 0.25) is 15.9 Å². The molecule has 8 nitrogen and oxygen atoms in total. The van der Waals surface area contributed by atoms with E-state index in [1.165, 1.54) is 0 Å². The molecule has 1 amide bonds. The summed E-state index contributed by atoms with van der Waals surface area (Å²) in [5.41, 5.74) is 4.77. The van der Waals surface area contributed by atoms with E-state index in [4.69, 9.17) is 15.6 Å². The van der Waals surface area contributed by atoms with E-state index in [2.05, 4.69) is 4.72 Å². The van der Waals surface area contributed by atoms with E-state index in [-0.39, 0.29) is 19.8 Å². The zero-order valence-corrected chi connectivity index (χ0v) is 9.33. The number of amides is 1. The Morgan fingerprint density at radius 2 is 2.00 bits per heavy atom. The molecule has 16 heavy (non-hydrogen) atoms. The number of nitrogens with two attached hydrogens (primary N) is 1. The van der Waals surface area contributed by atoms with Crippen LogP contribution in [0.15, 0.2) is 0 Å². The van der Waals surface area contributed by atoms with Crippen molar-refractivity contribution in [3.63, 3.8) is 0 Å². The Kier molecular flexibility index (Phi) is 6.61. The number of hydrogen-bond donors (Lipinski definition) is 3. The van der Waals surface area contributed by atoms with Gasteiger partial charge in [0.25, 0.3) is 0 Å². The third kappa shape index (κ3) is 9.37. The Labute approximate surface area is 92.8 Å². The summed E-state index contributed by atoms with van der Waals surface area (Å²) in [7, 11) is -3.60. The Hall–Kier alpha value is -1.19. The number of carbonyl (C=O) groups excluding carboxylic acids is 1. The lowest BCUT2D eigenvalue weighted by atomic mass is 10.5. The molecule has 0 aromatic heterocycles. The molecule has 0 atom stereocenters. The van der Waals surface area contributed by atoms with Crippen LogP contribution in [0.2, 0.25) is 0 Å². The fourth-order valence-corrected chi connectivity index (χ4v) is 1.72. The van der Waals surface area contributed by atoms with Crippen LogP contribution in [-0.2, 0) is 24.3 Å². The van der Waals surface area contributed by atoms with E-state index < -0.39 is 34.1 Å². The molecule has 0 fully saturated rings. The van der Waals surface area contributed by atoms with Gasteiger partial charge >= 0.3 is 5.97 Å². The predicted octanol–water partition coefficient (Wildman–Crippen LogP) is -2.12. The largest absolute Gasteiger partial charge is 0.481 e. The number of ether oxygens (including phenoxy) is 1. The second-order valence-corrected chi connectivity index (χ2v) is 4.80. The molecule has 0 heterocycles. The highest BCUT2D eigenvalue weighted by Gasteiger charge is 2.11. The molecular weight excluding hydrogens is 240 g/mol. The van der Waals surface area contributed by atoms with Gasteiger partial charge in [0.1, 0.15) is 6.61 Å². The van der Waals surface area contributed by atoms with Crippen LogP contribution < -0.4 is 10.5 Å². The van der Waals surface area contributed by atoms with Crippen molar-refractivity contribution in [3.8, 4) is 0 Å². The number of rotatable bonds is 9. The van der Waals surface area contributed by atoms with Crippen LogP contribution in [0.4, 0.5) is 0 Å². The number of aliphatic carboxylic acids is 1. The Morgan fingerprint density at radius 1 is 1.38 bits per heavy atom. The molecule has 0 bridgehead atoms. The lowest BCUT2D eigenvalue weighted by molar-refractivity contribution is -0.136. The molecule has 94 valence electrons. The number of carbonyl (C=O) groups is 2. The van der Waals surface area contributed by atoms with Crippen LogP contribution in [0.1, 0.15) is 6.42 Å². The summed E-state index contributed by atoms with van der Waals surface area (Å²) >= 11 is 0. The van der Waals surface area contributed by atoms with Crippen molar-refractivity contribution in [2.24, 2.45) is 5.73 Å². The highest BCUT2D eigenvalue weighted by Crippen LogP contribution is 1.89. The molecule has 0 aromatic carbocycles. The van der Waals surface area contributed by atoms with E-state index in [1.54, 1.807) is 0 Å². The summed E-state index contributed by atoms with van der Waals surface area (Å²) in [4.78, 5) is 20.4.